The number of carbonyl (C=O) groups excluding carboxylic acids is 1. The molecule has 9 heteroatoms. The fourth-order valence-corrected chi connectivity index (χ4v) is 4.35. The van der Waals surface area contributed by atoms with E-state index in [9.17, 15) is 13.2 Å². The molecule has 1 N–H and O–H groups in total. The Morgan fingerprint density at radius 1 is 1.11 bits per heavy atom. The smallest absolute Gasteiger partial charge is 0.244 e. The van der Waals surface area contributed by atoms with Crippen molar-refractivity contribution in [3.05, 3.63) is 58.1 Å². The highest BCUT2D eigenvalue weighted by atomic mass is 35.5. The molecule has 0 aliphatic rings. The minimum atomic E-state index is -3.80. The van der Waals surface area contributed by atoms with Crippen LogP contribution in [-0.2, 0) is 14.8 Å². The summed E-state index contributed by atoms with van der Waals surface area (Å²) in [6, 6.07) is 10.3. The molecular weight excluding hydrogens is 423 g/mol. The quantitative estimate of drug-likeness (QED) is 0.698. The molecule has 0 radical (unpaired) electrons. The number of hydrogen-bond donors (Lipinski definition) is 1. The lowest BCUT2D eigenvalue weighted by molar-refractivity contribution is -0.122. The number of carbonyl (C=O) groups is 1. The van der Waals surface area contributed by atoms with E-state index in [1.54, 1.807) is 25.3 Å². The Balaban J connectivity index is 2.27. The third-order valence-corrected chi connectivity index (χ3v) is 5.99. The first-order chi connectivity index (χ1) is 13.0. The second-order valence-electron chi connectivity index (χ2n) is 6.33. The molecule has 0 heterocycles. The van der Waals surface area contributed by atoms with Crippen molar-refractivity contribution in [3.63, 3.8) is 0 Å². The fraction of sp³-hybridized carbons (Fsp3) is 0.316. The first-order valence-electron chi connectivity index (χ1n) is 8.43. The lowest BCUT2D eigenvalue weighted by Gasteiger charge is -2.30. The molecule has 2 aromatic rings. The second-order valence-corrected chi connectivity index (χ2v) is 9.04. The van der Waals surface area contributed by atoms with Gasteiger partial charge < -0.3 is 10.1 Å². The molecule has 0 unspecified atom stereocenters. The topological polar surface area (TPSA) is 75.7 Å². The molecule has 2 atom stereocenters. The van der Waals surface area contributed by atoms with Gasteiger partial charge in [-0.15, -0.1) is 0 Å². The molecule has 6 nitrogen and oxygen atoms in total. The number of hydrogen-bond acceptors (Lipinski definition) is 4. The number of methoxy groups -OCH3 is 1. The van der Waals surface area contributed by atoms with Crippen LogP contribution in [0.1, 0.15) is 25.5 Å². The zero-order valence-corrected chi connectivity index (χ0v) is 18.3. The van der Waals surface area contributed by atoms with Crippen LogP contribution < -0.4 is 14.4 Å². The number of benzene rings is 2. The number of sulfonamides is 1. The van der Waals surface area contributed by atoms with Gasteiger partial charge in [-0.1, -0.05) is 35.3 Å². The molecule has 0 fully saturated rings. The molecule has 2 aromatic carbocycles. The van der Waals surface area contributed by atoms with E-state index in [1.165, 1.54) is 19.1 Å². The first kappa shape index (κ1) is 22.3. The maximum atomic E-state index is 12.8. The van der Waals surface area contributed by atoms with E-state index in [1.807, 2.05) is 19.1 Å². The van der Waals surface area contributed by atoms with Gasteiger partial charge in [-0.3, -0.25) is 9.10 Å². The van der Waals surface area contributed by atoms with Gasteiger partial charge in [0.1, 0.15) is 11.8 Å². The highest BCUT2D eigenvalue weighted by Crippen LogP contribution is 2.32. The van der Waals surface area contributed by atoms with E-state index >= 15 is 0 Å². The summed E-state index contributed by atoms with van der Waals surface area (Å²) in [5.41, 5.74) is 1.00. The van der Waals surface area contributed by atoms with Gasteiger partial charge in [0, 0.05) is 5.02 Å². The minimum absolute atomic E-state index is 0.149. The Hall–Kier alpha value is -1.96. The highest BCUT2D eigenvalue weighted by molar-refractivity contribution is 7.92. The van der Waals surface area contributed by atoms with Gasteiger partial charge >= 0.3 is 0 Å². The van der Waals surface area contributed by atoms with E-state index in [2.05, 4.69) is 5.32 Å². The van der Waals surface area contributed by atoms with Crippen molar-refractivity contribution >= 4 is 44.8 Å². The molecule has 1 amide bonds. The molecule has 0 spiro atoms. The lowest BCUT2D eigenvalue weighted by atomic mass is 10.1. The van der Waals surface area contributed by atoms with Gasteiger partial charge in [0.15, 0.2) is 0 Å². The summed E-state index contributed by atoms with van der Waals surface area (Å²) in [6.07, 6.45) is 1.01. The van der Waals surface area contributed by atoms with Gasteiger partial charge in [0.05, 0.1) is 30.1 Å². The molecule has 0 saturated heterocycles. The highest BCUT2D eigenvalue weighted by Gasteiger charge is 2.31. The number of amides is 1. The van der Waals surface area contributed by atoms with Crippen LogP contribution in [0.15, 0.2) is 42.5 Å². The minimum Gasteiger partial charge on any atom is -0.497 e. The average molecular weight is 445 g/mol. The van der Waals surface area contributed by atoms with Crippen molar-refractivity contribution in [2.75, 3.05) is 17.7 Å². The molecule has 0 saturated carbocycles. The number of rotatable bonds is 7. The van der Waals surface area contributed by atoms with Gasteiger partial charge in [-0.05, 0) is 49.7 Å². The Morgan fingerprint density at radius 3 is 2.25 bits per heavy atom. The van der Waals surface area contributed by atoms with Crippen LogP contribution in [0.25, 0.3) is 0 Å². The standard InChI is InChI=1S/C19H22Cl2N2O4S/c1-12(14-5-8-16(27-3)9-6-14)22-19(24)13(2)23(28(4,25)26)18-11-15(20)7-10-17(18)21/h5-13H,1-4H3,(H,22,24)/t12-,13+/m0/s1. The van der Waals surface area contributed by atoms with Crippen molar-refractivity contribution in [1.29, 1.82) is 0 Å². The Kier molecular flexibility index (Phi) is 7.20. The van der Waals surface area contributed by atoms with E-state index in [0.29, 0.717) is 10.8 Å². The van der Waals surface area contributed by atoms with Crippen LogP contribution in [0.4, 0.5) is 5.69 Å². The van der Waals surface area contributed by atoms with E-state index < -0.39 is 22.0 Å². The maximum absolute atomic E-state index is 12.8. The largest absolute Gasteiger partial charge is 0.497 e. The van der Waals surface area contributed by atoms with Gasteiger partial charge in [0.2, 0.25) is 15.9 Å². The van der Waals surface area contributed by atoms with Gasteiger partial charge in [-0.25, -0.2) is 8.42 Å². The summed E-state index contributed by atoms with van der Waals surface area (Å²) in [4.78, 5) is 12.8. The molecule has 152 valence electrons. The molecular formula is C19H22Cl2N2O4S. The normalized spacial score (nSPS) is 13.5. The van der Waals surface area contributed by atoms with Gasteiger partial charge in [0.25, 0.3) is 0 Å². The zero-order chi connectivity index (χ0) is 21.1. The predicted octanol–water partition coefficient (Wildman–Crippen LogP) is 4.03. The van der Waals surface area contributed by atoms with E-state index in [0.717, 1.165) is 16.1 Å². The molecule has 0 aliphatic heterocycles. The number of nitrogens with one attached hydrogen (secondary N) is 1. The average Bonchev–Trinajstić information content (AvgIpc) is 2.63. The summed E-state index contributed by atoms with van der Waals surface area (Å²) in [6.45, 7) is 3.30. The van der Waals surface area contributed by atoms with Crippen LogP contribution in [0, 0.1) is 0 Å². The summed E-state index contributed by atoms with van der Waals surface area (Å²) < 4.78 is 30.9. The summed E-state index contributed by atoms with van der Waals surface area (Å²) in [7, 11) is -2.23. The van der Waals surface area contributed by atoms with Crippen molar-refractivity contribution in [3.8, 4) is 5.75 Å². The predicted molar refractivity (Wildman–Crippen MR) is 113 cm³/mol. The van der Waals surface area contributed by atoms with Gasteiger partial charge in [-0.2, -0.15) is 0 Å². The third kappa shape index (κ3) is 5.31. The number of nitrogens with zero attached hydrogens (tertiary/aromatic N) is 1. The Morgan fingerprint density at radius 2 is 1.71 bits per heavy atom. The van der Waals surface area contributed by atoms with Crippen molar-refractivity contribution in [2.24, 2.45) is 0 Å². The summed E-state index contributed by atoms with van der Waals surface area (Å²) in [5.74, 6) is 0.235. The lowest BCUT2D eigenvalue weighted by Crippen LogP contribution is -2.48. The van der Waals surface area contributed by atoms with Crippen LogP contribution in [0.3, 0.4) is 0 Å². The second kappa shape index (κ2) is 9.03. The summed E-state index contributed by atoms with van der Waals surface area (Å²) >= 11 is 12.2. The molecule has 0 aromatic heterocycles. The molecule has 2 rings (SSSR count). The zero-order valence-electron chi connectivity index (χ0n) is 15.9. The van der Waals surface area contributed by atoms with E-state index in [4.69, 9.17) is 27.9 Å². The summed E-state index contributed by atoms with van der Waals surface area (Å²) in [5, 5.41) is 3.32. The van der Waals surface area contributed by atoms with Crippen LogP contribution in [-0.4, -0.2) is 33.7 Å². The van der Waals surface area contributed by atoms with Crippen molar-refractivity contribution in [1.82, 2.24) is 5.32 Å². The SMILES string of the molecule is COc1ccc([C@H](C)NC(=O)[C@@H](C)N(c2cc(Cl)ccc2Cl)S(C)(=O)=O)cc1. The number of ether oxygens (including phenoxy) is 1. The van der Waals surface area contributed by atoms with Crippen LogP contribution >= 0.6 is 23.2 Å². The molecule has 0 bridgehead atoms. The fourth-order valence-electron chi connectivity index (χ4n) is 2.75. The number of halogens is 2. The van der Waals surface area contributed by atoms with Crippen LogP contribution in [0.5, 0.6) is 5.75 Å². The maximum Gasteiger partial charge on any atom is 0.244 e. The Labute approximate surface area is 175 Å². The molecule has 28 heavy (non-hydrogen) atoms. The molecule has 0 aliphatic carbocycles. The van der Waals surface area contributed by atoms with Crippen molar-refractivity contribution < 1.29 is 17.9 Å². The Bertz CT molecular complexity index is 949. The van der Waals surface area contributed by atoms with Crippen molar-refractivity contribution in [2.45, 2.75) is 25.9 Å². The number of anilines is 1. The third-order valence-electron chi connectivity index (χ3n) is 4.21. The van der Waals surface area contributed by atoms with E-state index in [-0.39, 0.29) is 16.8 Å². The first-order valence-corrected chi connectivity index (χ1v) is 11.0. The monoisotopic (exact) mass is 444 g/mol. The van der Waals surface area contributed by atoms with Crippen LogP contribution in [0.2, 0.25) is 10.0 Å².